The molecule has 0 atom stereocenters. The normalized spacial score (nSPS) is 10.3. The van der Waals surface area contributed by atoms with Crippen molar-refractivity contribution in [2.24, 2.45) is 4.99 Å². The fourth-order valence-electron chi connectivity index (χ4n) is 0.976. The predicted octanol–water partition coefficient (Wildman–Crippen LogP) is 1.96. The summed E-state index contributed by atoms with van der Waals surface area (Å²) < 4.78 is 5.06. The highest BCUT2D eigenvalue weighted by atomic mass is 32.1. The Bertz CT molecular complexity index is 357. The van der Waals surface area contributed by atoms with Gasteiger partial charge >= 0.3 is 0 Å². The van der Waals surface area contributed by atoms with Gasteiger partial charge in [0.2, 0.25) is 0 Å². The quantitative estimate of drug-likeness (QED) is 0.444. The molecule has 1 aromatic rings. The van der Waals surface area contributed by atoms with Crippen molar-refractivity contribution in [3.05, 3.63) is 29.8 Å². The zero-order valence-electron chi connectivity index (χ0n) is 9.10. The van der Waals surface area contributed by atoms with Crippen LogP contribution in [0.15, 0.2) is 29.3 Å². The van der Waals surface area contributed by atoms with Gasteiger partial charge in [-0.1, -0.05) is 12.2 Å². The van der Waals surface area contributed by atoms with Crippen molar-refractivity contribution in [2.75, 3.05) is 21.2 Å². The number of methoxy groups -OCH3 is 1. The van der Waals surface area contributed by atoms with Crippen LogP contribution in [0, 0.1) is 0 Å². The lowest BCUT2D eigenvalue weighted by molar-refractivity contribution is 0.415. The molecule has 1 aromatic carbocycles. The predicted molar refractivity (Wildman–Crippen MR) is 66.9 cm³/mol. The van der Waals surface area contributed by atoms with Crippen molar-refractivity contribution >= 4 is 23.5 Å². The third-order valence-electron chi connectivity index (χ3n) is 1.74. The summed E-state index contributed by atoms with van der Waals surface area (Å²) in [6, 6.07) is 7.53. The van der Waals surface area contributed by atoms with E-state index in [4.69, 9.17) is 17.0 Å². The Hall–Kier alpha value is -1.42. The molecule has 0 spiro atoms. The number of nitrogens with zero attached hydrogens (tertiary/aromatic N) is 2. The zero-order chi connectivity index (χ0) is 11.3. The maximum Gasteiger partial charge on any atom is 0.135 e. The van der Waals surface area contributed by atoms with Gasteiger partial charge in [-0.25, -0.2) is 4.99 Å². The van der Waals surface area contributed by atoms with Crippen LogP contribution >= 0.6 is 12.2 Å². The van der Waals surface area contributed by atoms with Gasteiger partial charge < -0.3 is 9.64 Å². The second kappa shape index (κ2) is 5.46. The van der Waals surface area contributed by atoms with Crippen molar-refractivity contribution in [3.8, 4) is 5.75 Å². The Morgan fingerprint density at radius 3 is 2.40 bits per heavy atom. The van der Waals surface area contributed by atoms with Gasteiger partial charge in [0.05, 0.1) is 13.4 Å². The minimum Gasteiger partial charge on any atom is -0.497 e. The van der Waals surface area contributed by atoms with Gasteiger partial charge in [-0.2, -0.15) is 0 Å². The Balaban J connectivity index is 2.74. The van der Waals surface area contributed by atoms with E-state index in [0.29, 0.717) is 4.99 Å². The molecule has 80 valence electrons. The van der Waals surface area contributed by atoms with Gasteiger partial charge in [-0.15, -0.1) is 0 Å². The molecule has 0 heterocycles. The highest BCUT2D eigenvalue weighted by Gasteiger charge is 1.98. The molecule has 0 saturated carbocycles. The summed E-state index contributed by atoms with van der Waals surface area (Å²) >= 11 is 5.15. The van der Waals surface area contributed by atoms with E-state index >= 15 is 0 Å². The first-order valence-electron chi connectivity index (χ1n) is 4.52. The van der Waals surface area contributed by atoms with Gasteiger partial charge in [0.1, 0.15) is 10.7 Å². The summed E-state index contributed by atoms with van der Waals surface area (Å²) in [5.41, 5.74) is 0.920. The number of thiocarbonyl (C=S) groups is 1. The molecule has 0 aliphatic carbocycles. The lowest BCUT2D eigenvalue weighted by Gasteiger charge is -2.04. The van der Waals surface area contributed by atoms with Crippen LogP contribution in [0.25, 0.3) is 0 Å². The van der Waals surface area contributed by atoms with Gasteiger partial charge in [0, 0.05) is 19.7 Å². The SMILES string of the molecule is COc1ccc(C(=S)N=CN(C)C)cc1. The second-order valence-electron chi connectivity index (χ2n) is 3.24. The zero-order valence-corrected chi connectivity index (χ0v) is 9.91. The minimum atomic E-state index is 0.575. The summed E-state index contributed by atoms with van der Waals surface area (Å²) in [4.78, 5) is 6.56. The van der Waals surface area contributed by atoms with Gasteiger partial charge in [-0.05, 0) is 24.3 Å². The third-order valence-corrected chi connectivity index (χ3v) is 2.08. The van der Waals surface area contributed by atoms with E-state index in [9.17, 15) is 0 Å². The standard InChI is InChI=1S/C11H14N2OS/c1-13(2)8-12-11(15)9-4-6-10(14-3)7-5-9/h4-8H,1-3H3. The number of rotatable bonds is 3. The molecule has 0 amide bonds. The van der Waals surface area contributed by atoms with E-state index in [0.717, 1.165) is 11.3 Å². The first-order valence-corrected chi connectivity index (χ1v) is 4.93. The van der Waals surface area contributed by atoms with Crippen LogP contribution in [-0.4, -0.2) is 37.4 Å². The Labute approximate surface area is 95.4 Å². The molecule has 0 aromatic heterocycles. The molecule has 3 nitrogen and oxygen atoms in total. The average molecular weight is 222 g/mol. The van der Waals surface area contributed by atoms with Crippen molar-refractivity contribution < 1.29 is 4.74 Å². The highest BCUT2D eigenvalue weighted by molar-refractivity contribution is 7.80. The van der Waals surface area contributed by atoms with Crippen LogP contribution in [0.3, 0.4) is 0 Å². The monoisotopic (exact) mass is 222 g/mol. The molecule has 15 heavy (non-hydrogen) atoms. The molecule has 0 unspecified atom stereocenters. The molecule has 0 radical (unpaired) electrons. The minimum absolute atomic E-state index is 0.575. The maximum absolute atomic E-state index is 5.15. The van der Waals surface area contributed by atoms with Crippen molar-refractivity contribution in [1.29, 1.82) is 0 Å². The van der Waals surface area contributed by atoms with E-state index in [-0.39, 0.29) is 0 Å². The third kappa shape index (κ3) is 3.67. The molecule has 1 rings (SSSR count). The summed E-state index contributed by atoms with van der Waals surface area (Å²) in [5.74, 6) is 0.818. The Kier molecular flexibility index (Phi) is 4.24. The van der Waals surface area contributed by atoms with Crippen molar-refractivity contribution in [1.82, 2.24) is 4.90 Å². The maximum atomic E-state index is 5.15. The van der Waals surface area contributed by atoms with Crippen molar-refractivity contribution in [3.63, 3.8) is 0 Å². The molecule has 0 aliphatic heterocycles. The number of ether oxygens (including phenoxy) is 1. The number of hydrogen-bond donors (Lipinski definition) is 0. The number of aliphatic imine (C=N–C) groups is 1. The van der Waals surface area contributed by atoms with E-state index in [1.165, 1.54) is 0 Å². The van der Waals surface area contributed by atoms with E-state index < -0.39 is 0 Å². The van der Waals surface area contributed by atoms with Crippen LogP contribution in [0.5, 0.6) is 5.75 Å². The lowest BCUT2D eigenvalue weighted by Crippen LogP contribution is -2.09. The average Bonchev–Trinajstić information content (AvgIpc) is 2.26. The Morgan fingerprint density at radius 2 is 1.93 bits per heavy atom. The van der Waals surface area contributed by atoms with Gasteiger partial charge in [0.25, 0.3) is 0 Å². The first kappa shape index (κ1) is 11.7. The molecule has 0 aliphatic rings. The molecule has 4 heteroatoms. The van der Waals surface area contributed by atoms with Gasteiger partial charge in [0.15, 0.2) is 0 Å². The number of hydrogen-bond acceptors (Lipinski definition) is 2. The smallest absolute Gasteiger partial charge is 0.135 e. The second-order valence-corrected chi connectivity index (χ2v) is 3.63. The summed E-state index contributed by atoms with van der Waals surface area (Å²) in [6.45, 7) is 0. The molecular weight excluding hydrogens is 208 g/mol. The van der Waals surface area contributed by atoms with Crippen LogP contribution in [0.4, 0.5) is 0 Å². The molecule has 0 N–H and O–H groups in total. The van der Waals surface area contributed by atoms with Crippen molar-refractivity contribution in [2.45, 2.75) is 0 Å². The lowest BCUT2D eigenvalue weighted by atomic mass is 10.2. The van der Waals surface area contributed by atoms with E-state index in [2.05, 4.69) is 4.99 Å². The van der Waals surface area contributed by atoms with E-state index in [1.807, 2.05) is 43.3 Å². The van der Waals surface area contributed by atoms with Gasteiger partial charge in [-0.3, -0.25) is 0 Å². The Morgan fingerprint density at radius 1 is 1.33 bits per heavy atom. The van der Waals surface area contributed by atoms with Crippen LogP contribution in [0.1, 0.15) is 5.56 Å². The molecule has 0 bridgehead atoms. The van der Waals surface area contributed by atoms with E-state index in [1.54, 1.807) is 13.4 Å². The van der Waals surface area contributed by atoms with Crippen LogP contribution in [0.2, 0.25) is 0 Å². The highest BCUT2D eigenvalue weighted by Crippen LogP contribution is 2.12. The molecular formula is C11H14N2OS. The number of benzene rings is 1. The molecule has 0 fully saturated rings. The summed E-state index contributed by atoms with van der Waals surface area (Å²) in [7, 11) is 5.44. The fourth-order valence-corrected chi connectivity index (χ4v) is 1.16. The fraction of sp³-hybridized carbons (Fsp3) is 0.273. The first-order chi connectivity index (χ1) is 7.13. The van der Waals surface area contributed by atoms with Crippen LogP contribution < -0.4 is 4.74 Å². The summed E-state index contributed by atoms with van der Waals surface area (Å²) in [5, 5.41) is 0. The topological polar surface area (TPSA) is 24.8 Å². The molecule has 0 saturated heterocycles. The van der Waals surface area contributed by atoms with Crippen LogP contribution in [-0.2, 0) is 0 Å². The summed E-state index contributed by atoms with van der Waals surface area (Å²) in [6.07, 6.45) is 1.69. The largest absolute Gasteiger partial charge is 0.497 e.